The predicted octanol–water partition coefficient (Wildman–Crippen LogP) is 0.833. The van der Waals surface area contributed by atoms with Crippen LogP contribution in [0.15, 0.2) is 12.2 Å². The quantitative estimate of drug-likeness (QED) is 0.555. The maximum Gasteiger partial charge on any atom is 0.252 e. The monoisotopic (exact) mass is 430 g/mol. The second kappa shape index (κ2) is 9.78. The van der Waals surface area contributed by atoms with Crippen molar-refractivity contribution in [3.63, 3.8) is 0 Å². The highest BCUT2D eigenvalue weighted by Gasteiger charge is 2.47. The number of hydrogen-bond acceptors (Lipinski definition) is 7. The molecule has 5 atom stereocenters. The van der Waals surface area contributed by atoms with Gasteiger partial charge in [0.1, 0.15) is 24.4 Å². The maximum absolute atomic E-state index is 12.9. The van der Waals surface area contributed by atoms with Crippen LogP contribution in [0.4, 0.5) is 0 Å². The molecular weight excluding hydrogens is 396 g/mol. The molecule has 0 radical (unpaired) electrons. The Bertz CT molecular complexity index is 619. The Morgan fingerprint density at radius 1 is 1.41 bits per heavy atom. The van der Waals surface area contributed by atoms with E-state index in [1.807, 2.05) is 26.8 Å². The van der Waals surface area contributed by atoms with Crippen molar-refractivity contribution in [3.05, 3.63) is 12.2 Å². The summed E-state index contributed by atoms with van der Waals surface area (Å²) in [6.45, 7) is 10.1. The zero-order chi connectivity index (χ0) is 21.8. The van der Waals surface area contributed by atoms with Crippen LogP contribution >= 0.6 is 11.8 Å². The minimum absolute atomic E-state index is 0.0937. The first kappa shape index (κ1) is 24.1. The lowest BCUT2D eigenvalue weighted by Gasteiger charge is -2.45. The van der Waals surface area contributed by atoms with Crippen molar-refractivity contribution in [2.45, 2.75) is 70.9 Å². The number of rotatable bonds is 5. The van der Waals surface area contributed by atoms with Crippen molar-refractivity contribution in [2.75, 3.05) is 25.2 Å². The summed E-state index contributed by atoms with van der Waals surface area (Å²) in [4.78, 5) is 25.1. The molecule has 8 nitrogen and oxygen atoms in total. The Hall–Kier alpha value is -1.13. The summed E-state index contributed by atoms with van der Waals surface area (Å²) in [5.41, 5.74) is -0.0937. The fraction of sp³-hybridized carbons (Fsp3) is 0.800. The number of aliphatic hydroxyl groups excluding tert-OH is 1. The van der Waals surface area contributed by atoms with Crippen LogP contribution in [0, 0.1) is 5.41 Å². The van der Waals surface area contributed by atoms with E-state index in [1.165, 1.54) is 7.11 Å². The molecule has 0 saturated carbocycles. The molecule has 0 aromatic heterocycles. The van der Waals surface area contributed by atoms with Crippen molar-refractivity contribution in [1.82, 2.24) is 10.6 Å². The highest BCUT2D eigenvalue weighted by atomic mass is 32.2. The molecular formula is C20H34N2O6S. The number of ether oxygens (including phenoxy) is 3. The second-order valence-corrected chi connectivity index (χ2v) is 10.0. The summed E-state index contributed by atoms with van der Waals surface area (Å²) in [6.07, 6.45) is -0.0876. The zero-order valence-electron chi connectivity index (χ0n) is 18.1. The summed E-state index contributed by atoms with van der Waals surface area (Å²) < 4.78 is 17.1. The minimum atomic E-state index is -1.12. The first-order chi connectivity index (χ1) is 13.4. The number of allylic oxidation sites excluding steroid dienone is 1. The molecule has 9 heteroatoms. The van der Waals surface area contributed by atoms with Gasteiger partial charge in [0.05, 0.1) is 0 Å². The molecule has 1 unspecified atom stereocenters. The van der Waals surface area contributed by atoms with Crippen LogP contribution in [-0.2, 0) is 23.8 Å². The molecule has 0 bridgehead atoms. The third-order valence-corrected chi connectivity index (χ3v) is 5.63. The average Bonchev–Trinajstić information content (AvgIpc) is 2.80. The number of amides is 2. The number of nitrogens with one attached hydrogen (secondary N) is 2. The van der Waals surface area contributed by atoms with Gasteiger partial charge < -0.3 is 30.0 Å². The fourth-order valence-corrected chi connectivity index (χ4v) is 4.07. The van der Waals surface area contributed by atoms with Crippen LogP contribution in [0.1, 0.15) is 34.6 Å². The standard InChI is InChI=1S/C20H34N2O6S/c1-19(2,3)8-7-13-14(23)15(28-20(4,5)27-13)16(26-6)18(25)22-12-11-29-10-9-21-17(12)24/h7-8,12-16,23H,9-11H2,1-6H3,(H,21,24)(H,22,25)/b8-7+/t12?,13-,14+,15-,16-/m1/s1. The summed E-state index contributed by atoms with van der Waals surface area (Å²) in [5.74, 6) is -0.478. The summed E-state index contributed by atoms with van der Waals surface area (Å²) in [7, 11) is 1.38. The highest BCUT2D eigenvalue weighted by Crippen LogP contribution is 2.31. The van der Waals surface area contributed by atoms with Gasteiger partial charge in [-0.25, -0.2) is 0 Å². The number of aliphatic hydroxyl groups is 1. The summed E-state index contributed by atoms with van der Waals surface area (Å²) in [5, 5.41) is 16.4. The van der Waals surface area contributed by atoms with Crippen molar-refractivity contribution in [2.24, 2.45) is 5.41 Å². The lowest BCUT2D eigenvalue weighted by Crippen LogP contribution is -2.62. The van der Waals surface area contributed by atoms with Gasteiger partial charge in [-0.2, -0.15) is 11.8 Å². The first-order valence-corrected chi connectivity index (χ1v) is 11.0. The Balaban J connectivity index is 2.17. The Morgan fingerprint density at radius 3 is 2.72 bits per heavy atom. The Kier molecular flexibility index (Phi) is 8.15. The number of carbonyl (C=O) groups excluding carboxylic acids is 2. The highest BCUT2D eigenvalue weighted by molar-refractivity contribution is 7.99. The van der Waals surface area contributed by atoms with E-state index in [4.69, 9.17) is 14.2 Å². The lowest BCUT2D eigenvalue weighted by molar-refractivity contribution is -0.334. The van der Waals surface area contributed by atoms with E-state index in [0.717, 1.165) is 5.75 Å². The summed E-state index contributed by atoms with van der Waals surface area (Å²) >= 11 is 1.59. The predicted molar refractivity (Wildman–Crippen MR) is 111 cm³/mol. The van der Waals surface area contributed by atoms with Gasteiger partial charge in [-0.15, -0.1) is 0 Å². The number of carbonyl (C=O) groups is 2. The van der Waals surface area contributed by atoms with E-state index in [-0.39, 0.29) is 11.3 Å². The first-order valence-electron chi connectivity index (χ1n) is 9.85. The van der Waals surface area contributed by atoms with Gasteiger partial charge in [0, 0.05) is 25.2 Å². The molecule has 0 aliphatic carbocycles. The normalized spacial score (nSPS) is 31.8. The molecule has 2 heterocycles. The van der Waals surface area contributed by atoms with Crippen LogP contribution < -0.4 is 10.6 Å². The number of hydrogen-bond donors (Lipinski definition) is 3. The molecule has 0 aromatic carbocycles. The van der Waals surface area contributed by atoms with E-state index >= 15 is 0 Å². The van der Waals surface area contributed by atoms with E-state index in [1.54, 1.807) is 31.7 Å². The molecule has 3 N–H and O–H groups in total. The third kappa shape index (κ3) is 6.96. The van der Waals surface area contributed by atoms with Crippen molar-refractivity contribution in [1.29, 1.82) is 0 Å². The molecule has 2 aliphatic heterocycles. The second-order valence-electron chi connectivity index (χ2n) is 8.86. The van der Waals surface area contributed by atoms with E-state index < -0.39 is 42.2 Å². The van der Waals surface area contributed by atoms with Crippen LogP contribution in [-0.4, -0.2) is 78.3 Å². The number of methoxy groups -OCH3 is 1. The zero-order valence-corrected chi connectivity index (χ0v) is 18.9. The molecule has 29 heavy (non-hydrogen) atoms. The van der Waals surface area contributed by atoms with Gasteiger partial charge in [0.2, 0.25) is 5.91 Å². The largest absolute Gasteiger partial charge is 0.387 e. The fourth-order valence-electron chi connectivity index (χ4n) is 3.19. The van der Waals surface area contributed by atoms with Crippen LogP contribution in [0.2, 0.25) is 0 Å². The molecule has 166 valence electrons. The molecule has 2 fully saturated rings. The smallest absolute Gasteiger partial charge is 0.252 e. The van der Waals surface area contributed by atoms with Crippen molar-refractivity contribution in [3.8, 4) is 0 Å². The number of thioether (sulfide) groups is 1. The van der Waals surface area contributed by atoms with Gasteiger partial charge in [-0.1, -0.05) is 32.9 Å². The molecule has 2 rings (SSSR count). The van der Waals surface area contributed by atoms with Gasteiger partial charge in [-0.3, -0.25) is 9.59 Å². The molecule has 0 aromatic rings. The van der Waals surface area contributed by atoms with Crippen LogP contribution in [0.25, 0.3) is 0 Å². The van der Waals surface area contributed by atoms with Gasteiger partial charge in [0.25, 0.3) is 5.91 Å². The Labute approximate surface area is 177 Å². The van der Waals surface area contributed by atoms with Crippen LogP contribution in [0.5, 0.6) is 0 Å². The van der Waals surface area contributed by atoms with Crippen molar-refractivity contribution >= 4 is 23.6 Å². The van der Waals surface area contributed by atoms with Crippen LogP contribution in [0.3, 0.4) is 0 Å². The minimum Gasteiger partial charge on any atom is -0.387 e. The SMILES string of the molecule is CO[C@@H](C(=O)NC1CSCCNC1=O)[C@@H]1OC(C)(C)O[C@H](/C=C/C(C)(C)C)[C@@H]1O. The van der Waals surface area contributed by atoms with Gasteiger partial charge in [-0.05, 0) is 19.3 Å². The lowest BCUT2D eigenvalue weighted by atomic mass is 9.93. The topological polar surface area (TPSA) is 106 Å². The molecule has 2 amide bonds. The van der Waals surface area contributed by atoms with Gasteiger partial charge in [0.15, 0.2) is 11.9 Å². The summed E-state index contributed by atoms with van der Waals surface area (Å²) in [6, 6.07) is -0.658. The van der Waals surface area contributed by atoms with E-state index in [2.05, 4.69) is 10.6 Å². The molecule has 2 saturated heterocycles. The van der Waals surface area contributed by atoms with E-state index in [0.29, 0.717) is 12.3 Å². The molecule has 0 spiro atoms. The van der Waals surface area contributed by atoms with E-state index in [9.17, 15) is 14.7 Å². The average molecular weight is 431 g/mol. The van der Waals surface area contributed by atoms with Crippen molar-refractivity contribution < 1.29 is 28.9 Å². The molecule has 2 aliphatic rings. The Morgan fingerprint density at radius 2 is 2.10 bits per heavy atom. The third-order valence-electron chi connectivity index (χ3n) is 4.57. The maximum atomic E-state index is 12.9. The van der Waals surface area contributed by atoms with Gasteiger partial charge >= 0.3 is 0 Å².